The second-order valence-electron chi connectivity index (χ2n) is 13.1. The maximum atomic E-state index is 14.4. The van der Waals surface area contributed by atoms with Crippen LogP contribution in [0.25, 0.3) is 0 Å². The number of β-lactam (4-membered cyclic amide) rings is 1. The van der Waals surface area contributed by atoms with Crippen LogP contribution in [0, 0.1) is 11.3 Å². The van der Waals surface area contributed by atoms with Crippen LogP contribution in [-0.2, 0) is 28.7 Å². The molecule has 0 bridgehead atoms. The Balaban J connectivity index is 1.56. The van der Waals surface area contributed by atoms with Crippen LogP contribution in [0.4, 0.5) is 0 Å². The molecule has 3 aromatic rings. The molecule has 1 aliphatic carbocycles. The number of ketones is 1. The van der Waals surface area contributed by atoms with Gasteiger partial charge in [-0.1, -0.05) is 112 Å². The van der Waals surface area contributed by atoms with Crippen molar-refractivity contribution in [2.24, 2.45) is 11.3 Å². The molecule has 0 N–H and O–H groups in total. The number of rotatable bonds is 12. The van der Waals surface area contributed by atoms with Crippen molar-refractivity contribution in [1.29, 1.82) is 0 Å². The molecule has 0 spiro atoms. The van der Waals surface area contributed by atoms with E-state index in [-0.39, 0.29) is 35.0 Å². The molecule has 48 heavy (non-hydrogen) atoms. The predicted octanol–water partition coefficient (Wildman–Crippen LogP) is 6.20. The Morgan fingerprint density at radius 2 is 1.48 bits per heavy atom. The van der Waals surface area contributed by atoms with E-state index in [0.29, 0.717) is 5.92 Å². The molecule has 2 fully saturated rings. The van der Waals surface area contributed by atoms with Crippen LogP contribution in [0.5, 0.6) is 0 Å². The van der Waals surface area contributed by atoms with Crippen molar-refractivity contribution in [2.45, 2.75) is 71.3 Å². The van der Waals surface area contributed by atoms with Crippen LogP contribution in [0.2, 0.25) is 0 Å². The van der Waals surface area contributed by atoms with Crippen LogP contribution >= 0.6 is 18.6 Å². The first kappa shape index (κ1) is 35.4. The molecule has 1 amide bonds. The first-order valence-corrected chi connectivity index (χ1v) is 19.2. The minimum Gasteiger partial charge on any atom is -0.459 e. The van der Waals surface area contributed by atoms with E-state index in [9.17, 15) is 19.2 Å². The fourth-order valence-electron chi connectivity index (χ4n) is 6.62. The molecule has 1 heterocycles. The molecule has 1 saturated heterocycles. The van der Waals surface area contributed by atoms with Gasteiger partial charge in [-0.15, -0.1) is 11.8 Å². The Bertz CT molecular complexity index is 1600. The molecule has 7 nitrogen and oxygen atoms in total. The van der Waals surface area contributed by atoms with E-state index < -0.39 is 30.8 Å². The molecular formula is C39H44NO6PS. The number of esters is 2. The van der Waals surface area contributed by atoms with Crippen LogP contribution in [-0.4, -0.2) is 52.0 Å². The lowest BCUT2D eigenvalue weighted by Gasteiger charge is -2.44. The zero-order chi connectivity index (χ0) is 34.3. The van der Waals surface area contributed by atoms with Crippen LogP contribution < -0.4 is 15.9 Å². The van der Waals surface area contributed by atoms with E-state index in [1.54, 1.807) is 5.41 Å². The molecule has 3 aromatic carbocycles. The summed E-state index contributed by atoms with van der Waals surface area (Å²) in [5.41, 5.74) is 0.344. The summed E-state index contributed by atoms with van der Waals surface area (Å²) < 4.78 is 11.5. The molecule has 9 heteroatoms. The first-order valence-electron chi connectivity index (χ1n) is 16.5. The number of carbonyl (C=O) groups is 4. The number of Topliss-reactive ketones (excluding diaryl/α,β-unsaturated/α-hetero) is 1. The third-order valence-electron chi connectivity index (χ3n) is 9.56. The smallest absolute Gasteiger partial charge is 0.356 e. The second-order valence-corrected chi connectivity index (χ2v) is 17.5. The zero-order valence-electron chi connectivity index (χ0n) is 28.0. The van der Waals surface area contributed by atoms with E-state index in [2.05, 4.69) is 20.8 Å². The average Bonchev–Trinajstić information content (AvgIpc) is 3.08. The highest BCUT2D eigenvalue weighted by Gasteiger charge is 2.47. The van der Waals surface area contributed by atoms with Gasteiger partial charge in [-0.05, 0) is 65.3 Å². The van der Waals surface area contributed by atoms with Crippen molar-refractivity contribution in [3.05, 3.63) is 102 Å². The third-order valence-corrected chi connectivity index (χ3v) is 14.8. The molecule has 1 aliphatic heterocycles. The molecular weight excluding hydrogens is 641 g/mol. The number of hydrogen-bond acceptors (Lipinski definition) is 7. The van der Waals surface area contributed by atoms with Crippen molar-refractivity contribution < 1.29 is 28.7 Å². The lowest BCUT2D eigenvalue weighted by molar-refractivity contribution is -0.147. The summed E-state index contributed by atoms with van der Waals surface area (Å²) in [6.45, 7) is 4.59. The molecule has 2 aliphatic rings. The maximum absolute atomic E-state index is 14.4. The summed E-state index contributed by atoms with van der Waals surface area (Å²) in [6.07, 6.45) is 5.30. The number of carbonyl (C=O) groups excluding carboxylic acids is 4. The van der Waals surface area contributed by atoms with Gasteiger partial charge < -0.3 is 9.47 Å². The Labute approximate surface area is 288 Å². The fourth-order valence-corrected chi connectivity index (χ4v) is 12.1. The Kier molecular flexibility index (Phi) is 11.5. The SMILES string of the molecule is CC(=O)COC(=O)C(N1C(=O)C[C@H]1SC=CC(=O)OC1CCCC(C)(C(C)C)C1)=P(c1ccccc1)(c1ccccc1)c1ccccc1. The quantitative estimate of drug-likeness (QED) is 0.0972. The number of thioether (sulfide) groups is 1. The Morgan fingerprint density at radius 3 is 1.96 bits per heavy atom. The maximum Gasteiger partial charge on any atom is 0.356 e. The van der Waals surface area contributed by atoms with Gasteiger partial charge in [-0.3, -0.25) is 14.5 Å². The van der Waals surface area contributed by atoms with Gasteiger partial charge in [0.2, 0.25) is 5.91 Å². The minimum atomic E-state index is -3.06. The van der Waals surface area contributed by atoms with Crippen molar-refractivity contribution in [3.8, 4) is 0 Å². The Hall–Kier alpha value is -3.87. The standard InChI is InChI=1S/C39H44NO6PS/c1-28(2)39(4)23-14-15-30(26-39)46-36(43)22-24-48-35-25-34(42)40(35)37(38(44)45-27-29(3)41)47(31-16-8-5-9-17-31,32-18-10-6-11-19-32)33-20-12-7-13-21-33/h5-13,16-22,24,28,30,35H,14-15,23,25-27H2,1-4H3/t30?,35-,39?/m1/s1. The van der Waals surface area contributed by atoms with Crippen LogP contribution in [0.1, 0.15) is 59.8 Å². The van der Waals surface area contributed by atoms with E-state index in [1.807, 2.05) is 91.0 Å². The van der Waals surface area contributed by atoms with E-state index >= 15 is 0 Å². The van der Waals surface area contributed by atoms with Crippen LogP contribution in [0.3, 0.4) is 0 Å². The van der Waals surface area contributed by atoms with Gasteiger partial charge in [0.1, 0.15) is 18.1 Å². The number of nitrogens with zero attached hydrogens (tertiary/aromatic N) is 1. The summed E-state index contributed by atoms with van der Waals surface area (Å²) in [5.74, 6) is -1.18. The van der Waals surface area contributed by atoms with Crippen molar-refractivity contribution in [2.75, 3.05) is 6.61 Å². The monoisotopic (exact) mass is 685 g/mol. The summed E-state index contributed by atoms with van der Waals surface area (Å²) >= 11 is 1.29. The third kappa shape index (κ3) is 7.55. The number of ether oxygens (including phenoxy) is 2. The number of hydrogen-bond donors (Lipinski definition) is 0. The van der Waals surface area contributed by atoms with Gasteiger partial charge in [0, 0.05) is 13.0 Å². The Morgan fingerprint density at radius 1 is 0.938 bits per heavy atom. The molecule has 5 rings (SSSR count). The largest absolute Gasteiger partial charge is 0.459 e. The fraction of sp³-hybridized carbons (Fsp3) is 0.359. The topological polar surface area (TPSA) is 90.0 Å². The van der Waals surface area contributed by atoms with Gasteiger partial charge in [0.05, 0.1) is 11.8 Å². The van der Waals surface area contributed by atoms with E-state index in [0.717, 1.165) is 41.6 Å². The second kappa shape index (κ2) is 15.6. The number of likely N-dealkylation sites (tertiary alicyclic amines) is 1. The minimum absolute atomic E-state index is 0.126. The number of benzene rings is 3. The summed E-state index contributed by atoms with van der Waals surface area (Å²) in [6, 6.07) is 29.1. The summed E-state index contributed by atoms with van der Waals surface area (Å²) in [4.78, 5) is 54.5. The highest BCUT2D eigenvalue weighted by Crippen LogP contribution is 2.49. The highest BCUT2D eigenvalue weighted by molar-refractivity contribution is 8.03. The van der Waals surface area contributed by atoms with E-state index in [1.165, 1.54) is 29.7 Å². The average molecular weight is 686 g/mol. The van der Waals surface area contributed by atoms with Crippen molar-refractivity contribution in [1.82, 2.24) is 4.90 Å². The molecule has 2 unspecified atom stereocenters. The van der Waals surface area contributed by atoms with Crippen LogP contribution in [0.15, 0.2) is 102 Å². The lowest BCUT2D eigenvalue weighted by Crippen LogP contribution is -2.58. The highest BCUT2D eigenvalue weighted by atomic mass is 32.2. The van der Waals surface area contributed by atoms with Gasteiger partial charge in [0.25, 0.3) is 0 Å². The first-order chi connectivity index (χ1) is 23.1. The summed E-state index contributed by atoms with van der Waals surface area (Å²) in [7, 11) is 0. The molecule has 252 valence electrons. The van der Waals surface area contributed by atoms with Gasteiger partial charge >= 0.3 is 11.9 Å². The molecule has 3 atom stereocenters. The van der Waals surface area contributed by atoms with Gasteiger partial charge in [-0.25, -0.2) is 9.59 Å². The predicted molar refractivity (Wildman–Crippen MR) is 195 cm³/mol. The number of amides is 1. The lowest BCUT2D eigenvalue weighted by atomic mass is 9.67. The molecule has 1 saturated carbocycles. The van der Waals surface area contributed by atoms with Crippen molar-refractivity contribution in [3.63, 3.8) is 0 Å². The van der Waals surface area contributed by atoms with Gasteiger partial charge in [0.15, 0.2) is 5.78 Å². The molecule has 0 radical (unpaired) electrons. The van der Waals surface area contributed by atoms with Gasteiger partial charge in [-0.2, -0.15) is 0 Å². The van der Waals surface area contributed by atoms with Crippen molar-refractivity contribution >= 4 is 63.6 Å². The van der Waals surface area contributed by atoms with E-state index in [4.69, 9.17) is 9.47 Å². The summed E-state index contributed by atoms with van der Waals surface area (Å²) in [5, 5.41) is 3.76. The zero-order valence-corrected chi connectivity index (χ0v) is 29.8. The normalized spacial score (nSPS) is 21.1. The molecule has 0 aromatic heterocycles.